The van der Waals surface area contributed by atoms with Crippen LogP contribution >= 0.6 is 23.2 Å². The number of aliphatic hydroxyl groups is 1. The molecule has 19 heavy (non-hydrogen) atoms. The van der Waals surface area contributed by atoms with Crippen LogP contribution in [0.2, 0.25) is 10.0 Å². The molecule has 0 amide bonds. The summed E-state index contributed by atoms with van der Waals surface area (Å²) in [6.07, 6.45) is 0. The summed E-state index contributed by atoms with van der Waals surface area (Å²) < 4.78 is 0. The minimum absolute atomic E-state index is 0.0400. The third kappa shape index (κ3) is 4.22. The molecule has 2 aromatic carbocycles. The molecule has 0 fully saturated rings. The summed E-state index contributed by atoms with van der Waals surface area (Å²) in [4.78, 5) is 0. The standard InChI is InChI=1S/C15H15Cl2NO/c16-13-6-11(7-14(17)8-13)9-18-15(10-19)12-4-2-1-3-5-12/h1-8,15,18-19H,9-10H2/t15-/m0/s1. The number of benzene rings is 2. The van der Waals surface area contributed by atoms with Crippen LogP contribution < -0.4 is 5.32 Å². The molecule has 2 aromatic rings. The van der Waals surface area contributed by atoms with E-state index < -0.39 is 0 Å². The molecule has 2 rings (SSSR count). The van der Waals surface area contributed by atoms with Crippen LogP contribution in [0, 0.1) is 0 Å². The predicted octanol–water partition coefficient (Wildman–Crippen LogP) is 3.82. The predicted molar refractivity (Wildman–Crippen MR) is 79.6 cm³/mol. The summed E-state index contributed by atoms with van der Waals surface area (Å²) in [5.74, 6) is 0. The first-order chi connectivity index (χ1) is 9.19. The second-order valence-corrected chi connectivity index (χ2v) is 5.18. The van der Waals surface area contributed by atoms with Gasteiger partial charge in [-0.25, -0.2) is 0 Å². The van der Waals surface area contributed by atoms with Crippen LogP contribution in [0.4, 0.5) is 0 Å². The van der Waals surface area contributed by atoms with Crippen molar-refractivity contribution < 1.29 is 5.11 Å². The first-order valence-electron chi connectivity index (χ1n) is 6.03. The van der Waals surface area contributed by atoms with Gasteiger partial charge in [-0.1, -0.05) is 53.5 Å². The largest absolute Gasteiger partial charge is 0.394 e. The van der Waals surface area contributed by atoms with Crippen LogP contribution in [-0.2, 0) is 6.54 Å². The van der Waals surface area contributed by atoms with Crippen molar-refractivity contribution in [3.63, 3.8) is 0 Å². The summed E-state index contributed by atoms with van der Waals surface area (Å²) in [5, 5.41) is 14.0. The maximum Gasteiger partial charge on any atom is 0.0626 e. The molecule has 0 saturated heterocycles. The van der Waals surface area contributed by atoms with Crippen molar-refractivity contribution in [3.8, 4) is 0 Å². The van der Waals surface area contributed by atoms with Gasteiger partial charge in [-0.3, -0.25) is 0 Å². The highest BCUT2D eigenvalue weighted by atomic mass is 35.5. The van der Waals surface area contributed by atoms with Crippen LogP contribution in [0.1, 0.15) is 17.2 Å². The van der Waals surface area contributed by atoms with Crippen LogP contribution in [0.3, 0.4) is 0 Å². The summed E-state index contributed by atoms with van der Waals surface area (Å²) in [6.45, 7) is 0.638. The number of hydrogen-bond acceptors (Lipinski definition) is 2. The molecule has 1 atom stereocenters. The third-order valence-electron chi connectivity index (χ3n) is 2.86. The van der Waals surface area contributed by atoms with Crippen LogP contribution in [0.5, 0.6) is 0 Å². The van der Waals surface area contributed by atoms with Crippen LogP contribution in [0.15, 0.2) is 48.5 Å². The van der Waals surface area contributed by atoms with Gasteiger partial charge in [-0.15, -0.1) is 0 Å². The number of halogens is 2. The summed E-state index contributed by atoms with van der Waals surface area (Å²) >= 11 is 11.9. The Morgan fingerprint density at radius 3 is 2.21 bits per heavy atom. The molecule has 0 radical (unpaired) electrons. The molecule has 0 aliphatic carbocycles. The summed E-state index contributed by atoms with van der Waals surface area (Å²) in [5.41, 5.74) is 2.05. The number of rotatable bonds is 5. The molecule has 0 aromatic heterocycles. The first-order valence-corrected chi connectivity index (χ1v) is 6.79. The molecule has 0 aliphatic rings. The van der Waals surface area contributed by atoms with Crippen molar-refractivity contribution in [3.05, 3.63) is 69.7 Å². The van der Waals surface area contributed by atoms with Crippen molar-refractivity contribution in [2.75, 3.05) is 6.61 Å². The Hall–Kier alpha value is -1.06. The van der Waals surface area contributed by atoms with Crippen molar-refractivity contribution in [2.45, 2.75) is 12.6 Å². The lowest BCUT2D eigenvalue weighted by Crippen LogP contribution is -2.23. The minimum atomic E-state index is -0.0982. The summed E-state index contributed by atoms with van der Waals surface area (Å²) in [6, 6.07) is 15.2. The molecule has 2 N–H and O–H groups in total. The van der Waals surface area contributed by atoms with Crippen molar-refractivity contribution in [1.82, 2.24) is 5.32 Å². The molecule has 100 valence electrons. The number of aliphatic hydroxyl groups excluding tert-OH is 1. The van der Waals surface area contributed by atoms with E-state index in [1.165, 1.54) is 0 Å². The lowest BCUT2D eigenvalue weighted by atomic mass is 10.1. The number of hydrogen-bond donors (Lipinski definition) is 2. The molecule has 0 spiro atoms. The van der Waals surface area contributed by atoms with E-state index in [4.69, 9.17) is 23.2 Å². The van der Waals surface area contributed by atoms with E-state index >= 15 is 0 Å². The highest BCUT2D eigenvalue weighted by Gasteiger charge is 2.09. The fourth-order valence-electron chi connectivity index (χ4n) is 1.93. The van der Waals surface area contributed by atoms with Gasteiger partial charge in [0.15, 0.2) is 0 Å². The second kappa shape index (κ2) is 6.92. The topological polar surface area (TPSA) is 32.3 Å². The highest BCUT2D eigenvalue weighted by Crippen LogP contribution is 2.20. The molecule has 0 saturated carbocycles. The average molecular weight is 296 g/mol. The van der Waals surface area contributed by atoms with Gasteiger partial charge >= 0.3 is 0 Å². The van der Waals surface area contributed by atoms with Gasteiger partial charge in [0.25, 0.3) is 0 Å². The van der Waals surface area contributed by atoms with E-state index in [1.807, 2.05) is 42.5 Å². The normalized spacial score (nSPS) is 12.4. The van der Waals surface area contributed by atoms with Gasteiger partial charge in [0.2, 0.25) is 0 Å². The van der Waals surface area contributed by atoms with Crippen LogP contribution in [0.25, 0.3) is 0 Å². The Morgan fingerprint density at radius 2 is 1.63 bits per heavy atom. The SMILES string of the molecule is OC[C@H](NCc1cc(Cl)cc(Cl)c1)c1ccccc1. The Labute approximate surface area is 123 Å². The monoisotopic (exact) mass is 295 g/mol. The van der Waals surface area contributed by atoms with E-state index in [1.54, 1.807) is 6.07 Å². The average Bonchev–Trinajstić information content (AvgIpc) is 2.39. The van der Waals surface area contributed by atoms with Gasteiger partial charge in [0, 0.05) is 16.6 Å². The zero-order valence-corrected chi connectivity index (χ0v) is 11.8. The second-order valence-electron chi connectivity index (χ2n) is 4.30. The van der Waals surface area contributed by atoms with Crippen molar-refractivity contribution in [1.29, 1.82) is 0 Å². The summed E-state index contributed by atoms with van der Waals surface area (Å²) in [7, 11) is 0. The molecule has 4 heteroatoms. The van der Waals surface area contributed by atoms with E-state index in [0.29, 0.717) is 16.6 Å². The maximum atomic E-state index is 9.45. The molecule has 0 unspecified atom stereocenters. The quantitative estimate of drug-likeness (QED) is 0.879. The van der Waals surface area contributed by atoms with Gasteiger partial charge < -0.3 is 10.4 Å². The lowest BCUT2D eigenvalue weighted by Gasteiger charge is -2.17. The third-order valence-corrected chi connectivity index (χ3v) is 3.30. The Kier molecular flexibility index (Phi) is 5.23. The zero-order chi connectivity index (χ0) is 13.7. The van der Waals surface area contributed by atoms with Gasteiger partial charge in [0.1, 0.15) is 0 Å². The van der Waals surface area contributed by atoms with E-state index in [2.05, 4.69) is 5.32 Å². The Morgan fingerprint density at radius 1 is 1.00 bits per heavy atom. The van der Waals surface area contributed by atoms with E-state index in [9.17, 15) is 5.11 Å². The van der Waals surface area contributed by atoms with Gasteiger partial charge in [0.05, 0.1) is 12.6 Å². The number of nitrogens with one attached hydrogen (secondary N) is 1. The molecular weight excluding hydrogens is 281 g/mol. The van der Waals surface area contributed by atoms with Crippen molar-refractivity contribution in [2.24, 2.45) is 0 Å². The molecular formula is C15H15Cl2NO. The van der Waals surface area contributed by atoms with E-state index in [-0.39, 0.29) is 12.6 Å². The first kappa shape index (κ1) is 14.4. The van der Waals surface area contributed by atoms with Crippen LogP contribution in [-0.4, -0.2) is 11.7 Å². The van der Waals surface area contributed by atoms with Gasteiger partial charge in [-0.05, 0) is 29.3 Å². The molecule has 2 nitrogen and oxygen atoms in total. The molecule has 0 heterocycles. The lowest BCUT2D eigenvalue weighted by molar-refractivity contribution is 0.243. The molecule has 0 bridgehead atoms. The molecule has 0 aliphatic heterocycles. The smallest absolute Gasteiger partial charge is 0.0626 e. The minimum Gasteiger partial charge on any atom is -0.394 e. The Balaban J connectivity index is 2.04. The van der Waals surface area contributed by atoms with Crippen molar-refractivity contribution >= 4 is 23.2 Å². The maximum absolute atomic E-state index is 9.45. The fraction of sp³-hybridized carbons (Fsp3) is 0.200. The zero-order valence-electron chi connectivity index (χ0n) is 10.3. The fourth-order valence-corrected chi connectivity index (χ4v) is 2.50. The Bertz CT molecular complexity index is 511. The van der Waals surface area contributed by atoms with Gasteiger partial charge in [-0.2, -0.15) is 0 Å². The van der Waals surface area contributed by atoms with E-state index in [0.717, 1.165) is 11.1 Å². The highest BCUT2D eigenvalue weighted by molar-refractivity contribution is 6.34.